The summed E-state index contributed by atoms with van der Waals surface area (Å²) in [6.07, 6.45) is 0. The lowest BCUT2D eigenvalue weighted by atomic mass is 10.2. The van der Waals surface area contributed by atoms with Gasteiger partial charge in [-0.1, -0.05) is 21.1 Å². The lowest BCUT2D eigenvalue weighted by Crippen LogP contribution is -2.12. The third-order valence-electron chi connectivity index (χ3n) is 3.04. The molecule has 0 unspecified atom stereocenters. The van der Waals surface area contributed by atoms with E-state index < -0.39 is 10.0 Å². The fourth-order valence-electron chi connectivity index (χ4n) is 1.92. The van der Waals surface area contributed by atoms with Crippen LogP contribution in [0.15, 0.2) is 62.4 Å². The Morgan fingerprint density at radius 3 is 2.26 bits per heavy atom. The fraction of sp³-hybridized carbons (Fsp3) is 0.0667. The molecule has 0 aliphatic rings. The molecule has 2 aromatic carbocycles. The maximum atomic E-state index is 12.3. The van der Waals surface area contributed by atoms with Gasteiger partial charge in [0.15, 0.2) is 5.82 Å². The van der Waals surface area contributed by atoms with Crippen LogP contribution >= 0.6 is 15.9 Å². The zero-order valence-corrected chi connectivity index (χ0v) is 14.4. The van der Waals surface area contributed by atoms with Gasteiger partial charge in [-0.2, -0.15) is 4.98 Å². The zero-order chi connectivity index (χ0) is 16.4. The number of sulfonamides is 1. The molecule has 8 heteroatoms. The molecule has 3 aromatic rings. The Hall–Kier alpha value is -2.19. The summed E-state index contributed by atoms with van der Waals surface area (Å²) in [6.45, 7) is 1.73. The second-order valence-electron chi connectivity index (χ2n) is 4.78. The number of aryl methyl sites for hydroxylation is 1. The maximum absolute atomic E-state index is 12.3. The Bertz CT molecular complexity index is 919. The number of nitrogens with zero attached hydrogens (tertiary/aromatic N) is 2. The molecular formula is C15H12BrN3O3S. The van der Waals surface area contributed by atoms with Crippen LogP contribution < -0.4 is 4.72 Å². The van der Waals surface area contributed by atoms with Crippen LogP contribution in [-0.2, 0) is 10.0 Å². The first-order valence-electron chi connectivity index (χ1n) is 6.63. The molecule has 0 aliphatic heterocycles. The number of hydrogen-bond donors (Lipinski definition) is 1. The molecule has 1 N–H and O–H groups in total. The molecule has 0 aliphatic carbocycles. The maximum Gasteiger partial charge on any atom is 0.261 e. The highest BCUT2D eigenvalue weighted by molar-refractivity contribution is 9.10. The zero-order valence-electron chi connectivity index (χ0n) is 12.0. The SMILES string of the molecule is Cc1noc(-c2ccc(NS(=O)(=O)c3ccc(Br)cc3)cc2)n1. The van der Waals surface area contributed by atoms with Gasteiger partial charge in [-0.05, 0) is 55.5 Å². The molecule has 1 heterocycles. The summed E-state index contributed by atoms with van der Waals surface area (Å²) in [5, 5.41) is 3.72. The molecule has 118 valence electrons. The van der Waals surface area contributed by atoms with Crippen molar-refractivity contribution in [3.63, 3.8) is 0 Å². The predicted molar refractivity (Wildman–Crippen MR) is 89.4 cm³/mol. The molecule has 1 aromatic heterocycles. The van der Waals surface area contributed by atoms with E-state index in [-0.39, 0.29) is 4.90 Å². The van der Waals surface area contributed by atoms with Crippen molar-refractivity contribution < 1.29 is 12.9 Å². The number of benzene rings is 2. The summed E-state index contributed by atoms with van der Waals surface area (Å²) in [5.41, 5.74) is 1.17. The molecule has 23 heavy (non-hydrogen) atoms. The van der Waals surface area contributed by atoms with E-state index >= 15 is 0 Å². The molecule has 0 bridgehead atoms. The second-order valence-corrected chi connectivity index (χ2v) is 7.38. The first kappa shape index (κ1) is 15.7. The molecule has 0 fully saturated rings. The van der Waals surface area contributed by atoms with Crippen LogP contribution in [0.4, 0.5) is 5.69 Å². The summed E-state index contributed by atoms with van der Waals surface area (Å²) in [6, 6.07) is 13.1. The smallest absolute Gasteiger partial charge is 0.261 e. The third-order valence-corrected chi connectivity index (χ3v) is 4.96. The average Bonchev–Trinajstić information content (AvgIpc) is 2.95. The highest BCUT2D eigenvalue weighted by Crippen LogP contribution is 2.22. The summed E-state index contributed by atoms with van der Waals surface area (Å²) in [7, 11) is -3.63. The summed E-state index contributed by atoms with van der Waals surface area (Å²) < 4.78 is 33.0. The monoisotopic (exact) mass is 393 g/mol. The first-order chi connectivity index (χ1) is 10.9. The normalized spacial score (nSPS) is 11.4. The Morgan fingerprint density at radius 1 is 1.04 bits per heavy atom. The number of nitrogens with one attached hydrogen (secondary N) is 1. The van der Waals surface area contributed by atoms with E-state index in [1.54, 1.807) is 43.3 Å². The number of anilines is 1. The van der Waals surface area contributed by atoms with Crippen molar-refractivity contribution in [1.82, 2.24) is 10.1 Å². The minimum Gasteiger partial charge on any atom is -0.334 e. The largest absolute Gasteiger partial charge is 0.334 e. The Morgan fingerprint density at radius 2 is 1.70 bits per heavy atom. The van der Waals surface area contributed by atoms with Crippen molar-refractivity contribution in [2.75, 3.05) is 4.72 Å². The van der Waals surface area contributed by atoms with Crippen LogP contribution in [0.2, 0.25) is 0 Å². The van der Waals surface area contributed by atoms with Gasteiger partial charge in [0, 0.05) is 15.7 Å². The van der Waals surface area contributed by atoms with E-state index in [0.717, 1.165) is 10.0 Å². The number of aromatic nitrogens is 2. The lowest BCUT2D eigenvalue weighted by Gasteiger charge is -2.08. The number of halogens is 1. The molecule has 0 atom stereocenters. The van der Waals surface area contributed by atoms with Gasteiger partial charge >= 0.3 is 0 Å². The third kappa shape index (κ3) is 3.59. The first-order valence-corrected chi connectivity index (χ1v) is 8.91. The Balaban J connectivity index is 1.81. The Kier molecular flexibility index (Phi) is 4.18. The number of hydrogen-bond acceptors (Lipinski definition) is 5. The topological polar surface area (TPSA) is 85.1 Å². The summed E-state index contributed by atoms with van der Waals surface area (Å²) in [5.74, 6) is 0.935. The molecule has 0 radical (unpaired) electrons. The van der Waals surface area contributed by atoms with Gasteiger partial charge in [-0.3, -0.25) is 4.72 Å². The molecular weight excluding hydrogens is 382 g/mol. The van der Waals surface area contributed by atoms with Gasteiger partial charge in [0.05, 0.1) is 4.90 Å². The van der Waals surface area contributed by atoms with Gasteiger partial charge in [0.2, 0.25) is 0 Å². The molecule has 3 rings (SSSR count). The molecule has 0 saturated carbocycles. The predicted octanol–water partition coefficient (Wildman–Crippen LogP) is 3.61. The van der Waals surface area contributed by atoms with Gasteiger partial charge in [0.1, 0.15) is 0 Å². The van der Waals surface area contributed by atoms with E-state index in [9.17, 15) is 8.42 Å². The van der Waals surface area contributed by atoms with Crippen LogP contribution in [0.5, 0.6) is 0 Å². The van der Waals surface area contributed by atoms with E-state index in [1.807, 2.05) is 0 Å². The minimum absolute atomic E-state index is 0.192. The number of rotatable bonds is 4. The van der Waals surface area contributed by atoms with Crippen LogP contribution in [-0.4, -0.2) is 18.6 Å². The molecule has 6 nitrogen and oxygen atoms in total. The molecule has 0 spiro atoms. The second kappa shape index (κ2) is 6.13. The summed E-state index contributed by atoms with van der Waals surface area (Å²) >= 11 is 3.28. The van der Waals surface area contributed by atoms with E-state index in [0.29, 0.717) is 17.4 Å². The summed E-state index contributed by atoms with van der Waals surface area (Å²) in [4.78, 5) is 4.31. The van der Waals surface area contributed by atoms with E-state index in [2.05, 4.69) is 30.8 Å². The van der Waals surface area contributed by atoms with Gasteiger partial charge in [-0.15, -0.1) is 0 Å². The van der Waals surface area contributed by atoms with Crippen molar-refractivity contribution in [3.05, 3.63) is 58.8 Å². The van der Waals surface area contributed by atoms with Crippen molar-refractivity contribution in [1.29, 1.82) is 0 Å². The van der Waals surface area contributed by atoms with Crippen molar-refractivity contribution in [2.45, 2.75) is 11.8 Å². The lowest BCUT2D eigenvalue weighted by molar-refractivity contribution is 0.425. The van der Waals surface area contributed by atoms with Gasteiger partial charge in [0.25, 0.3) is 15.9 Å². The molecule has 0 saturated heterocycles. The van der Waals surface area contributed by atoms with Crippen LogP contribution in [0.1, 0.15) is 5.82 Å². The van der Waals surface area contributed by atoms with Gasteiger partial charge < -0.3 is 4.52 Å². The van der Waals surface area contributed by atoms with Crippen LogP contribution in [0, 0.1) is 6.92 Å². The quantitative estimate of drug-likeness (QED) is 0.731. The minimum atomic E-state index is -3.63. The van der Waals surface area contributed by atoms with Crippen molar-refractivity contribution >= 4 is 31.6 Å². The highest BCUT2D eigenvalue weighted by Gasteiger charge is 2.14. The van der Waals surface area contributed by atoms with E-state index in [4.69, 9.17) is 4.52 Å². The van der Waals surface area contributed by atoms with E-state index in [1.165, 1.54) is 12.1 Å². The average molecular weight is 394 g/mol. The standard InChI is InChI=1S/C15H12BrN3O3S/c1-10-17-15(22-18-10)11-2-6-13(7-3-11)19-23(20,21)14-8-4-12(16)5-9-14/h2-9,19H,1H3. The van der Waals surface area contributed by atoms with Crippen molar-refractivity contribution in [3.8, 4) is 11.5 Å². The van der Waals surface area contributed by atoms with Crippen molar-refractivity contribution in [2.24, 2.45) is 0 Å². The van der Waals surface area contributed by atoms with Gasteiger partial charge in [-0.25, -0.2) is 8.42 Å². The Labute approximate surface area is 141 Å². The molecule has 0 amide bonds. The van der Waals surface area contributed by atoms with Crippen LogP contribution in [0.25, 0.3) is 11.5 Å². The highest BCUT2D eigenvalue weighted by atomic mass is 79.9. The van der Waals surface area contributed by atoms with Crippen LogP contribution in [0.3, 0.4) is 0 Å². The fourth-order valence-corrected chi connectivity index (χ4v) is 3.25.